The second-order valence-corrected chi connectivity index (χ2v) is 11.1. The summed E-state index contributed by atoms with van der Waals surface area (Å²) in [4.78, 5) is 91.4. The number of Topliss-reactive ketones (excluding diaryl/α,β-unsaturated/α-hetero) is 1. The summed E-state index contributed by atoms with van der Waals surface area (Å²) in [6, 6.07) is 6.61. The molecule has 2 atom stereocenters. The van der Waals surface area contributed by atoms with Crippen molar-refractivity contribution in [3.63, 3.8) is 0 Å². The first-order valence-electron chi connectivity index (χ1n) is 13.8. The summed E-state index contributed by atoms with van der Waals surface area (Å²) < 4.78 is 5.27. The zero-order chi connectivity index (χ0) is 32.9. The van der Waals surface area contributed by atoms with Crippen molar-refractivity contribution < 1.29 is 43.4 Å². The number of hydrogen-bond acceptors (Lipinski definition) is 9. The lowest BCUT2D eigenvalue weighted by molar-refractivity contribution is -0.161. The van der Waals surface area contributed by atoms with Gasteiger partial charge in [-0.05, 0) is 70.0 Å². The Bertz CT molecular complexity index is 1490. The molecule has 0 spiro atoms. The fourth-order valence-electron chi connectivity index (χ4n) is 4.94. The maximum Gasteiger partial charge on any atom is 0.303 e. The molecule has 4 amide bonds. The Morgan fingerprint density at radius 2 is 1.66 bits per heavy atom. The molecule has 13 heteroatoms. The zero-order valence-electron chi connectivity index (χ0n) is 25.4. The standard InChI is InChI=1S/C31H36N4O9/c1-17-11-21(12-18(2)27(17)40)28(41)33-23-14-35(30(43)31(5,6)44-20(4)38)25-10-8-7-9-24(25)34(29(23)42)15-26(39)32-22(16-36)13-19(3)37/h7-12,16,22-23,40H,13-15H2,1-6H3,(H,32,39)(H,33,41)/t22-,23-/m0/s1. The van der Waals surface area contributed by atoms with E-state index >= 15 is 0 Å². The maximum absolute atomic E-state index is 14.1. The first-order chi connectivity index (χ1) is 20.5. The van der Waals surface area contributed by atoms with Gasteiger partial charge in [-0.15, -0.1) is 0 Å². The van der Waals surface area contributed by atoms with Gasteiger partial charge in [0.15, 0.2) is 5.60 Å². The molecule has 2 aromatic carbocycles. The SMILES string of the molecule is CC(=O)C[C@@H](C=O)NC(=O)CN1C(=O)[C@@H](NC(=O)c2cc(C)c(O)c(C)c2)CN(C(=O)C(C)(C)OC(C)=O)c2ccccc21. The lowest BCUT2D eigenvalue weighted by Gasteiger charge is -2.32. The number of aromatic hydroxyl groups is 1. The molecule has 0 fully saturated rings. The van der Waals surface area contributed by atoms with E-state index in [1.165, 1.54) is 49.9 Å². The third-order valence-corrected chi connectivity index (χ3v) is 6.93. The van der Waals surface area contributed by atoms with Crippen molar-refractivity contribution in [3.05, 3.63) is 53.1 Å². The van der Waals surface area contributed by atoms with E-state index in [0.29, 0.717) is 17.4 Å². The Labute approximate surface area is 254 Å². The minimum Gasteiger partial charge on any atom is -0.507 e. The highest BCUT2D eigenvalue weighted by Gasteiger charge is 2.43. The third-order valence-electron chi connectivity index (χ3n) is 6.93. The van der Waals surface area contributed by atoms with Crippen LogP contribution < -0.4 is 20.4 Å². The van der Waals surface area contributed by atoms with Gasteiger partial charge in [0.2, 0.25) is 5.91 Å². The van der Waals surface area contributed by atoms with Gasteiger partial charge in [0.05, 0.1) is 24.0 Å². The van der Waals surface area contributed by atoms with Crippen LogP contribution in [-0.2, 0) is 33.5 Å². The fraction of sp³-hybridized carbons (Fsp3) is 0.387. The van der Waals surface area contributed by atoms with Crippen molar-refractivity contribution in [2.75, 3.05) is 22.9 Å². The highest BCUT2D eigenvalue weighted by atomic mass is 16.6. The zero-order valence-corrected chi connectivity index (χ0v) is 25.4. The molecule has 0 aliphatic carbocycles. The molecular weight excluding hydrogens is 572 g/mol. The summed E-state index contributed by atoms with van der Waals surface area (Å²) in [5.41, 5.74) is -0.318. The van der Waals surface area contributed by atoms with Gasteiger partial charge in [0, 0.05) is 18.9 Å². The number of ketones is 1. The molecule has 1 aliphatic heterocycles. The van der Waals surface area contributed by atoms with Crippen molar-refractivity contribution >= 4 is 53.0 Å². The highest BCUT2D eigenvalue weighted by molar-refractivity contribution is 6.12. The van der Waals surface area contributed by atoms with E-state index in [0.717, 1.165) is 11.8 Å². The van der Waals surface area contributed by atoms with Crippen LogP contribution in [0, 0.1) is 13.8 Å². The number of fused-ring (bicyclic) bond motifs is 1. The number of para-hydroxylation sites is 2. The van der Waals surface area contributed by atoms with E-state index in [1.54, 1.807) is 26.0 Å². The number of nitrogens with zero attached hydrogens (tertiary/aromatic N) is 2. The average molecular weight is 609 g/mol. The van der Waals surface area contributed by atoms with Gasteiger partial charge in [-0.3, -0.25) is 33.7 Å². The van der Waals surface area contributed by atoms with E-state index in [1.807, 2.05) is 0 Å². The van der Waals surface area contributed by atoms with Gasteiger partial charge in [-0.1, -0.05) is 12.1 Å². The van der Waals surface area contributed by atoms with Gasteiger partial charge < -0.3 is 30.2 Å². The molecule has 0 unspecified atom stereocenters. The number of esters is 1. The van der Waals surface area contributed by atoms with Crippen molar-refractivity contribution in [1.82, 2.24) is 10.6 Å². The number of hydrogen-bond donors (Lipinski definition) is 3. The number of aldehydes is 1. The predicted molar refractivity (Wildman–Crippen MR) is 159 cm³/mol. The molecule has 44 heavy (non-hydrogen) atoms. The molecule has 0 saturated carbocycles. The minimum absolute atomic E-state index is 0.0163. The van der Waals surface area contributed by atoms with Crippen LogP contribution in [0.2, 0.25) is 0 Å². The number of nitrogens with one attached hydrogen (secondary N) is 2. The van der Waals surface area contributed by atoms with E-state index in [9.17, 15) is 38.7 Å². The van der Waals surface area contributed by atoms with Crippen LogP contribution in [0.3, 0.4) is 0 Å². The molecule has 1 aliphatic rings. The topological polar surface area (TPSA) is 179 Å². The molecule has 0 aromatic heterocycles. The largest absolute Gasteiger partial charge is 0.507 e. The summed E-state index contributed by atoms with van der Waals surface area (Å²) in [5.74, 6) is -3.91. The Balaban J connectivity index is 2.08. The summed E-state index contributed by atoms with van der Waals surface area (Å²) in [7, 11) is 0. The number of benzene rings is 2. The van der Waals surface area contributed by atoms with Crippen molar-refractivity contribution in [2.24, 2.45) is 0 Å². The molecule has 0 radical (unpaired) electrons. The smallest absolute Gasteiger partial charge is 0.303 e. The van der Waals surface area contributed by atoms with Crippen molar-refractivity contribution in [2.45, 2.75) is 65.6 Å². The van der Waals surface area contributed by atoms with Gasteiger partial charge >= 0.3 is 5.97 Å². The molecule has 1 heterocycles. The Kier molecular flexibility index (Phi) is 10.2. The molecule has 3 rings (SSSR count). The summed E-state index contributed by atoms with van der Waals surface area (Å²) in [6.07, 6.45) is 0.178. The van der Waals surface area contributed by atoms with E-state index in [4.69, 9.17) is 4.74 Å². The normalized spacial score (nSPS) is 15.4. The molecular formula is C31H36N4O9. The fourth-order valence-corrected chi connectivity index (χ4v) is 4.94. The quantitative estimate of drug-likeness (QED) is 0.266. The molecule has 13 nitrogen and oxygen atoms in total. The molecule has 234 valence electrons. The number of rotatable bonds is 10. The van der Waals surface area contributed by atoms with Crippen LogP contribution in [0.1, 0.15) is 55.6 Å². The first kappa shape index (κ1) is 33.4. The van der Waals surface area contributed by atoms with Crippen LogP contribution in [0.5, 0.6) is 5.75 Å². The van der Waals surface area contributed by atoms with Crippen LogP contribution in [0.15, 0.2) is 36.4 Å². The van der Waals surface area contributed by atoms with Crippen LogP contribution >= 0.6 is 0 Å². The van der Waals surface area contributed by atoms with E-state index in [-0.39, 0.29) is 41.4 Å². The molecule has 0 saturated heterocycles. The van der Waals surface area contributed by atoms with Crippen molar-refractivity contribution in [3.8, 4) is 5.75 Å². The summed E-state index contributed by atoms with van der Waals surface area (Å²) in [6.45, 7) is 7.43. The first-order valence-corrected chi connectivity index (χ1v) is 13.8. The molecule has 2 aromatic rings. The second-order valence-electron chi connectivity index (χ2n) is 11.1. The Morgan fingerprint density at radius 3 is 2.20 bits per heavy atom. The lowest BCUT2D eigenvalue weighted by atomic mass is 10.0. The monoisotopic (exact) mass is 608 g/mol. The second kappa shape index (κ2) is 13.5. The summed E-state index contributed by atoms with van der Waals surface area (Å²) in [5, 5.41) is 15.2. The number of aryl methyl sites for hydroxylation is 2. The van der Waals surface area contributed by atoms with E-state index < -0.39 is 53.8 Å². The number of phenolic OH excluding ortho intramolecular Hbond substituents is 1. The summed E-state index contributed by atoms with van der Waals surface area (Å²) >= 11 is 0. The minimum atomic E-state index is -1.67. The number of carbonyl (C=O) groups excluding carboxylic acids is 7. The van der Waals surface area contributed by atoms with Crippen LogP contribution in [-0.4, -0.2) is 77.5 Å². The van der Waals surface area contributed by atoms with Crippen LogP contribution in [0.25, 0.3) is 0 Å². The number of anilines is 2. The number of phenols is 1. The number of carbonyl (C=O) groups is 7. The third kappa shape index (κ3) is 7.65. The van der Waals surface area contributed by atoms with Gasteiger partial charge in [-0.25, -0.2) is 0 Å². The average Bonchev–Trinajstić information content (AvgIpc) is 3.04. The Hall–Kier alpha value is -5.07. The van der Waals surface area contributed by atoms with Crippen molar-refractivity contribution in [1.29, 1.82) is 0 Å². The number of ether oxygens (including phenoxy) is 1. The number of amides is 4. The van der Waals surface area contributed by atoms with Gasteiger partial charge in [-0.2, -0.15) is 0 Å². The highest BCUT2D eigenvalue weighted by Crippen LogP contribution is 2.35. The van der Waals surface area contributed by atoms with Gasteiger partial charge in [0.1, 0.15) is 30.4 Å². The Morgan fingerprint density at radius 1 is 1.07 bits per heavy atom. The predicted octanol–water partition coefficient (Wildman–Crippen LogP) is 1.49. The maximum atomic E-state index is 14.1. The lowest BCUT2D eigenvalue weighted by Crippen LogP contribution is -2.56. The molecule has 0 bridgehead atoms. The van der Waals surface area contributed by atoms with Gasteiger partial charge in [0.25, 0.3) is 17.7 Å². The molecule has 3 N–H and O–H groups in total. The van der Waals surface area contributed by atoms with E-state index in [2.05, 4.69) is 10.6 Å². The van der Waals surface area contributed by atoms with Crippen LogP contribution in [0.4, 0.5) is 11.4 Å².